The molecular weight excluding hydrogens is 136 g/mol. The van der Waals surface area contributed by atoms with Crippen molar-refractivity contribution < 1.29 is 4.21 Å². The fourth-order valence-corrected chi connectivity index (χ4v) is 1.08. The third-order valence-corrected chi connectivity index (χ3v) is 1.72. The maximum absolute atomic E-state index is 10.4. The Morgan fingerprint density at radius 2 is 2.11 bits per heavy atom. The van der Waals surface area contributed by atoms with Crippen LogP contribution in [0.4, 0.5) is 0 Å². The summed E-state index contributed by atoms with van der Waals surface area (Å²) in [4.78, 5) is 0. The molecule has 4 heteroatoms. The molecule has 9 heavy (non-hydrogen) atoms. The first-order valence-corrected chi connectivity index (χ1v) is 4.14. The molecule has 0 spiro atoms. The first kappa shape index (κ1) is 8.91. The third kappa shape index (κ3) is 4.42. The number of rotatable bonds is 3. The zero-order valence-electron chi connectivity index (χ0n) is 6.09. The molecule has 0 aliphatic heterocycles. The number of nitrogens with one attached hydrogen (secondary N) is 1. The first-order valence-electron chi connectivity index (χ1n) is 2.93. The van der Waals surface area contributed by atoms with Crippen LogP contribution in [0.3, 0.4) is 0 Å². The van der Waals surface area contributed by atoms with Gasteiger partial charge in [0, 0.05) is 13.6 Å². The van der Waals surface area contributed by atoms with Crippen molar-refractivity contribution in [2.45, 2.75) is 13.8 Å². The van der Waals surface area contributed by atoms with Crippen LogP contribution in [0, 0.1) is 10.7 Å². The van der Waals surface area contributed by atoms with Gasteiger partial charge in [0.05, 0.1) is 10.8 Å². The lowest BCUT2D eigenvalue weighted by molar-refractivity contribution is 0.448. The first-order chi connectivity index (χ1) is 4.04. The number of nitrogens with zero attached hydrogens (tertiary/aromatic N) is 1. The summed E-state index contributed by atoms with van der Waals surface area (Å²) in [5.41, 5.74) is 0. The maximum atomic E-state index is 10.4. The Morgan fingerprint density at radius 3 is 2.22 bits per heavy atom. The number of hydrogen-bond donors (Lipinski definition) is 2. The molecule has 1 N–H and O–H groups in total. The Morgan fingerprint density at radius 1 is 1.67 bits per heavy atom. The Balaban J connectivity index is 3.64. The van der Waals surface area contributed by atoms with Gasteiger partial charge in [0.25, 0.3) is 0 Å². The van der Waals surface area contributed by atoms with Gasteiger partial charge < -0.3 is 0 Å². The fraction of sp³-hybridized carbons (Fsp3) is 1.00. The van der Waals surface area contributed by atoms with E-state index < -0.39 is 10.8 Å². The van der Waals surface area contributed by atoms with Gasteiger partial charge in [0.1, 0.15) is 0 Å². The largest absolute Gasteiger partial charge is 0.243 e. The average molecular weight is 150 g/mol. The van der Waals surface area contributed by atoms with Crippen molar-refractivity contribution in [2.75, 3.05) is 13.6 Å². The Hall–Kier alpha value is -0.0900. The van der Waals surface area contributed by atoms with Gasteiger partial charge in [-0.2, -0.15) is 0 Å². The molecule has 0 saturated carbocycles. The summed E-state index contributed by atoms with van der Waals surface area (Å²) < 4.78 is 18.8. The van der Waals surface area contributed by atoms with E-state index in [4.69, 9.17) is 4.78 Å². The normalized spacial score (nSPS) is 14.8. The SMILES string of the molecule is CC(C)CN(C)[SH](=N)=O. The Labute approximate surface area is 58.2 Å². The van der Waals surface area contributed by atoms with E-state index in [1.165, 1.54) is 0 Å². The molecule has 0 aromatic carbocycles. The second-order valence-electron chi connectivity index (χ2n) is 2.51. The van der Waals surface area contributed by atoms with E-state index in [2.05, 4.69) is 0 Å². The molecule has 0 radical (unpaired) electrons. The molecule has 0 aromatic heterocycles. The molecule has 0 aliphatic carbocycles. The molecular formula is C5H14N2OS. The lowest BCUT2D eigenvalue weighted by Crippen LogP contribution is -2.20. The summed E-state index contributed by atoms with van der Waals surface area (Å²) in [6, 6.07) is 0. The van der Waals surface area contributed by atoms with E-state index in [0.29, 0.717) is 5.92 Å². The van der Waals surface area contributed by atoms with Gasteiger partial charge in [-0.3, -0.25) is 0 Å². The average Bonchev–Trinajstić information content (AvgIpc) is 1.63. The van der Waals surface area contributed by atoms with Crippen LogP contribution in [-0.4, -0.2) is 22.1 Å². The predicted molar refractivity (Wildman–Crippen MR) is 39.7 cm³/mol. The van der Waals surface area contributed by atoms with Crippen molar-refractivity contribution in [3.8, 4) is 0 Å². The van der Waals surface area contributed by atoms with Crippen LogP contribution < -0.4 is 0 Å². The zero-order valence-corrected chi connectivity index (χ0v) is 6.98. The highest BCUT2D eigenvalue weighted by molar-refractivity contribution is 7.70. The maximum Gasteiger partial charge on any atom is 0.0960 e. The minimum atomic E-state index is -1.86. The molecule has 1 atom stereocenters. The molecule has 1 unspecified atom stereocenters. The van der Waals surface area contributed by atoms with Gasteiger partial charge in [0.2, 0.25) is 0 Å². The zero-order chi connectivity index (χ0) is 7.44. The van der Waals surface area contributed by atoms with Gasteiger partial charge in [-0.05, 0) is 5.92 Å². The number of thiol groups is 1. The summed E-state index contributed by atoms with van der Waals surface area (Å²) in [6.45, 7) is 4.81. The topological polar surface area (TPSA) is 44.2 Å². The molecule has 56 valence electrons. The Kier molecular flexibility index (Phi) is 3.81. The third-order valence-electron chi connectivity index (χ3n) is 0.939. The van der Waals surface area contributed by atoms with Crippen LogP contribution in [-0.2, 0) is 10.8 Å². The lowest BCUT2D eigenvalue weighted by atomic mass is 10.2. The smallest absolute Gasteiger partial charge is 0.0960 e. The minimum Gasteiger partial charge on any atom is -0.243 e. The molecule has 0 saturated heterocycles. The molecule has 0 bridgehead atoms. The highest BCUT2D eigenvalue weighted by Gasteiger charge is 1.98. The van der Waals surface area contributed by atoms with Crippen molar-refractivity contribution in [3.63, 3.8) is 0 Å². The van der Waals surface area contributed by atoms with E-state index in [-0.39, 0.29) is 0 Å². The fourth-order valence-electron chi connectivity index (χ4n) is 0.603. The van der Waals surface area contributed by atoms with Crippen molar-refractivity contribution in [1.29, 1.82) is 4.78 Å². The van der Waals surface area contributed by atoms with Crippen LogP contribution in [0.25, 0.3) is 0 Å². The van der Waals surface area contributed by atoms with Crippen molar-refractivity contribution in [3.05, 3.63) is 0 Å². The van der Waals surface area contributed by atoms with Crippen LogP contribution >= 0.6 is 0 Å². The molecule has 0 aromatic rings. The van der Waals surface area contributed by atoms with Crippen molar-refractivity contribution in [2.24, 2.45) is 5.92 Å². The van der Waals surface area contributed by atoms with Gasteiger partial charge in [-0.25, -0.2) is 13.3 Å². The van der Waals surface area contributed by atoms with Crippen LogP contribution in [0.1, 0.15) is 13.8 Å². The molecule has 0 amide bonds. The van der Waals surface area contributed by atoms with Crippen LogP contribution in [0.5, 0.6) is 0 Å². The molecule has 0 aliphatic rings. The summed E-state index contributed by atoms with van der Waals surface area (Å²) >= 11 is 0. The molecule has 0 fully saturated rings. The van der Waals surface area contributed by atoms with E-state index in [1.807, 2.05) is 13.8 Å². The second kappa shape index (κ2) is 3.85. The summed E-state index contributed by atoms with van der Waals surface area (Å²) in [5, 5.41) is 0. The standard InChI is InChI=1S/C5H14N2OS/c1-5(2)4-7(3)9(6)8/h5-6,9H,4H2,1-3H3. The lowest BCUT2D eigenvalue weighted by Gasteiger charge is -2.11. The van der Waals surface area contributed by atoms with Gasteiger partial charge >= 0.3 is 0 Å². The molecule has 0 rings (SSSR count). The highest BCUT2D eigenvalue weighted by Crippen LogP contribution is 1.94. The van der Waals surface area contributed by atoms with Gasteiger partial charge in [0.15, 0.2) is 0 Å². The van der Waals surface area contributed by atoms with Crippen molar-refractivity contribution >= 4 is 10.8 Å². The van der Waals surface area contributed by atoms with E-state index in [0.717, 1.165) is 6.54 Å². The second-order valence-corrected chi connectivity index (χ2v) is 3.74. The van der Waals surface area contributed by atoms with Gasteiger partial charge in [-0.15, -0.1) is 0 Å². The van der Waals surface area contributed by atoms with E-state index >= 15 is 0 Å². The minimum absolute atomic E-state index is 0.485. The molecule has 3 nitrogen and oxygen atoms in total. The van der Waals surface area contributed by atoms with E-state index in [9.17, 15) is 4.21 Å². The quantitative estimate of drug-likeness (QED) is 0.572. The summed E-state index contributed by atoms with van der Waals surface area (Å²) in [7, 11) is -0.161. The van der Waals surface area contributed by atoms with Crippen LogP contribution in [0.2, 0.25) is 0 Å². The van der Waals surface area contributed by atoms with Crippen molar-refractivity contribution in [1.82, 2.24) is 4.31 Å². The predicted octanol–water partition coefficient (Wildman–Crippen LogP) is 0.733. The van der Waals surface area contributed by atoms with Crippen LogP contribution in [0.15, 0.2) is 0 Å². The molecule has 0 heterocycles. The number of hydrogen-bond acceptors (Lipinski definition) is 2. The monoisotopic (exact) mass is 150 g/mol. The summed E-state index contributed by atoms with van der Waals surface area (Å²) in [6.07, 6.45) is 0. The highest BCUT2D eigenvalue weighted by atomic mass is 32.2. The van der Waals surface area contributed by atoms with Gasteiger partial charge in [-0.1, -0.05) is 13.8 Å². The van der Waals surface area contributed by atoms with E-state index in [1.54, 1.807) is 11.4 Å². The Bertz CT molecular complexity index is 134. The summed E-state index contributed by atoms with van der Waals surface area (Å²) in [5.74, 6) is 0.485.